The molecule has 0 heterocycles. The van der Waals surface area contributed by atoms with Crippen LogP contribution < -0.4 is 5.73 Å². The quantitative estimate of drug-likeness (QED) is 0.847. The maximum absolute atomic E-state index is 11.9. The number of amides is 1. The molecule has 9 heteroatoms. The van der Waals surface area contributed by atoms with Crippen molar-refractivity contribution >= 4 is 44.9 Å². The molecule has 0 aliphatic rings. The first-order valence-corrected chi connectivity index (χ1v) is 7.29. The number of benzene rings is 1. The molecular weight excluding hydrogens is 317 g/mol. The molecule has 0 bridgehead atoms. The molecule has 104 valence electrons. The zero-order chi connectivity index (χ0) is 14.8. The van der Waals surface area contributed by atoms with Gasteiger partial charge in [-0.3, -0.25) is 4.79 Å². The number of hydrogen-bond donors (Lipinski definition) is 2. The minimum Gasteiger partial charge on any atom is -0.478 e. The van der Waals surface area contributed by atoms with E-state index in [0.717, 1.165) is 12.1 Å². The van der Waals surface area contributed by atoms with E-state index in [4.69, 9.17) is 34.0 Å². The van der Waals surface area contributed by atoms with Crippen LogP contribution in [0.1, 0.15) is 16.8 Å². The molecule has 0 spiro atoms. The summed E-state index contributed by atoms with van der Waals surface area (Å²) in [6, 6.07) is 2.08. The first-order valence-electron chi connectivity index (χ1n) is 4.88. The highest BCUT2D eigenvalue weighted by Gasteiger charge is 2.24. The third kappa shape index (κ3) is 3.82. The molecule has 0 aliphatic heterocycles. The Balaban J connectivity index is 3.34. The van der Waals surface area contributed by atoms with Gasteiger partial charge in [0.1, 0.15) is 0 Å². The number of carbonyl (C=O) groups is 2. The predicted octanol–water partition coefficient (Wildman–Crippen LogP) is 1.34. The average Bonchev–Trinajstić information content (AvgIpc) is 2.28. The number of carbonyl (C=O) groups excluding carboxylic acids is 1. The van der Waals surface area contributed by atoms with Crippen molar-refractivity contribution in [1.29, 1.82) is 0 Å². The number of primary amides is 1. The van der Waals surface area contributed by atoms with Crippen LogP contribution in [-0.4, -0.2) is 31.2 Å². The molecule has 0 fully saturated rings. The van der Waals surface area contributed by atoms with E-state index in [1.54, 1.807) is 0 Å². The van der Waals surface area contributed by atoms with Crippen LogP contribution in [-0.2, 0) is 14.6 Å². The summed E-state index contributed by atoms with van der Waals surface area (Å²) in [5.74, 6) is -2.76. The standard InChI is InChI=1S/C10H9Cl2NO5S/c11-5-3-6(10(15)16)9(12)7(4-5)19(17,18)2-1-8(13)14/h3-4H,1-2H2,(H2,13,14)(H,15,16). The molecule has 0 atom stereocenters. The van der Waals surface area contributed by atoms with Gasteiger partial charge in [-0.1, -0.05) is 23.2 Å². The van der Waals surface area contributed by atoms with Crippen LogP contribution >= 0.6 is 23.2 Å². The van der Waals surface area contributed by atoms with Crippen LogP contribution in [0.4, 0.5) is 0 Å². The number of nitrogens with two attached hydrogens (primary N) is 1. The van der Waals surface area contributed by atoms with Crippen LogP contribution in [0.15, 0.2) is 17.0 Å². The summed E-state index contributed by atoms with van der Waals surface area (Å²) in [6.07, 6.45) is -0.395. The molecule has 0 radical (unpaired) electrons. The van der Waals surface area contributed by atoms with Gasteiger partial charge in [0, 0.05) is 11.4 Å². The van der Waals surface area contributed by atoms with Crippen LogP contribution in [0.5, 0.6) is 0 Å². The molecule has 0 saturated carbocycles. The Bertz CT molecular complexity index is 642. The lowest BCUT2D eigenvalue weighted by molar-refractivity contribution is -0.117. The van der Waals surface area contributed by atoms with Gasteiger partial charge in [0.15, 0.2) is 9.84 Å². The molecule has 1 aromatic rings. The maximum Gasteiger partial charge on any atom is 0.337 e. The smallest absolute Gasteiger partial charge is 0.337 e. The van der Waals surface area contributed by atoms with E-state index in [9.17, 15) is 18.0 Å². The van der Waals surface area contributed by atoms with E-state index < -0.39 is 49.4 Å². The van der Waals surface area contributed by atoms with Crippen molar-refractivity contribution in [1.82, 2.24) is 0 Å². The molecule has 1 aromatic carbocycles. The van der Waals surface area contributed by atoms with Gasteiger partial charge in [-0.25, -0.2) is 13.2 Å². The highest BCUT2D eigenvalue weighted by atomic mass is 35.5. The monoisotopic (exact) mass is 325 g/mol. The number of hydrogen-bond acceptors (Lipinski definition) is 4. The van der Waals surface area contributed by atoms with Crippen molar-refractivity contribution in [3.63, 3.8) is 0 Å². The summed E-state index contributed by atoms with van der Waals surface area (Å²) >= 11 is 11.4. The summed E-state index contributed by atoms with van der Waals surface area (Å²) in [6.45, 7) is 0. The lowest BCUT2D eigenvalue weighted by atomic mass is 10.2. The summed E-state index contributed by atoms with van der Waals surface area (Å²) in [5.41, 5.74) is 4.44. The van der Waals surface area contributed by atoms with E-state index in [1.807, 2.05) is 0 Å². The zero-order valence-corrected chi connectivity index (χ0v) is 11.7. The number of carboxylic acids is 1. The molecular formula is C10H9Cl2NO5S. The fraction of sp³-hybridized carbons (Fsp3) is 0.200. The average molecular weight is 326 g/mol. The van der Waals surface area contributed by atoms with E-state index in [0.29, 0.717) is 0 Å². The molecule has 1 rings (SSSR count). The summed E-state index contributed by atoms with van der Waals surface area (Å²) in [7, 11) is -3.95. The summed E-state index contributed by atoms with van der Waals surface area (Å²) < 4.78 is 23.9. The maximum atomic E-state index is 11.9. The van der Waals surface area contributed by atoms with Crippen molar-refractivity contribution < 1.29 is 23.1 Å². The second-order valence-electron chi connectivity index (χ2n) is 3.61. The lowest BCUT2D eigenvalue weighted by Crippen LogP contribution is -2.18. The Morgan fingerprint density at radius 1 is 1.26 bits per heavy atom. The first kappa shape index (κ1) is 15.7. The number of rotatable bonds is 5. The van der Waals surface area contributed by atoms with Crippen LogP contribution in [0, 0.1) is 0 Å². The second kappa shape index (κ2) is 5.77. The largest absolute Gasteiger partial charge is 0.478 e. The normalized spacial score (nSPS) is 11.3. The number of halogens is 2. The van der Waals surface area contributed by atoms with E-state index >= 15 is 0 Å². The molecule has 0 aliphatic carbocycles. The van der Waals surface area contributed by atoms with Gasteiger partial charge in [0.2, 0.25) is 5.91 Å². The number of carboxylic acid groups (broad SMARTS) is 1. The Labute approximate surface area is 119 Å². The fourth-order valence-corrected chi connectivity index (χ4v) is 3.50. The number of aromatic carboxylic acids is 1. The van der Waals surface area contributed by atoms with Crippen LogP contribution in [0.3, 0.4) is 0 Å². The highest BCUT2D eigenvalue weighted by molar-refractivity contribution is 7.91. The lowest BCUT2D eigenvalue weighted by Gasteiger charge is -2.08. The van der Waals surface area contributed by atoms with Gasteiger partial charge in [0.25, 0.3) is 0 Å². The third-order valence-electron chi connectivity index (χ3n) is 2.19. The summed E-state index contributed by atoms with van der Waals surface area (Å²) in [4.78, 5) is 21.1. The van der Waals surface area contributed by atoms with Crippen molar-refractivity contribution in [3.05, 3.63) is 27.7 Å². The first-order chi connectivity index (χ1) is 8.65. The van der Waals surface area contributed by atoms with Crippen molar-refractivity contribution in [2.75, 3.05) is 5.75 Å². The summed E-state index contributed by atoms with van der Waals surface area (Å²) in [5, 5.41) is 8.36. The Morgan fingerprint density at radius 3 is 2.32 bits per heavy atom. The van der Waals surface area contributed by atoms with Crippen LogP contribution in [0.2, 0.25) is 10.0 Å². The van der Waals surface area contributed by atoms with Crippen molar-refractivity contribution in [2.45, 2.75) is 11.3 Å². The highest BCUT2D eigenvalue weighted by Crippen LogP contribution is 2.30. The minimum absolute atomic E-state index is 0.0838. The van der Waals surface area contributed by atoms with Gasteiger partial charge in [-0.2, -0.15) is 0 Å². The molecule has 0 aromatic heterocycles. The van der Waals surface area contributed by atoms with Crippen molar-refractivity contribution in [3.8, 4) is 0 Å². The molecule has 0 saturated heterocycles. The van der Waals surface area contributed by atoms with Gasteiger partial charge in [0.05, 0.1) is 21.2 Å². The van der Waals surface area contributed by atoms with E-state index in [-0.39, 0.29) is 5.02 Å². The molecule has 3 N–H and O–H groups in total. The zero-order valence-electron chi connectivity index (χ0n) is 9.39. The van der Waals surface area contributed by atoms with E-state index in [2.05, 4.69) is 0 Å². The van der Waals surface area contributed by atoms with E-state index in [1.165, 1.54) is 0 Å². The molecule has 19 heavy (non-hydrogen) atoms. The van der Waals surface area contributed by atoms with Gasteiger partial charge < -0.3 is 10.8 Å². The second-order valence-corrected chi connectivity index (χ2v) is 6.50. The fourth-order valence-electron chi connectivity index (χ4n) is 1.29. The predicted molar refractivity (Wildman–Crippen MR) is 69.3 cm³/mol. The Morgan fingerprint density at radius 2 is 1.84 bits per heavy atom. The Hall–Kier alpha value is -1.31. The number of sulfone groups is 1. The van der Waals surface area contributed by atoms with Gasteiger partial charge >= 0.3 is 5.97 Å². The minimum atomic E-state index is -3.95. The Kier molecular flexibility index (Phi) is 4.78. The SMILES string of the molecule is NC(=O)CCS(=O)(=O)c1cc(Cl)cc(C(=O)O)c1Cl. The van der Waals surface area contributed by atoms with Gasteiger partial charge in [-0.05, 0) is 12.1 Å². The van der Waals surface area contributed by atoms with Crippen LogP contribution in [0.25, 0.3) is 0 Å². The van der Waals surface area contributed by atoms with Gasteiger partial charge in [-0.15, -0.1) is 0 Å². The third-order valence-corrected chi connectivity index (χ3v) is 4.66. The molecule has 6 nitrogen and oxygen atoms in total. The molecule has 1 amide bonds. The van der Waals surface area contributed by atoms with Crippen molar-refractivity contribution in [2.24, 2.45) is 5.73 Å². The topological polar surface area (TPSA) is 115 Å². The molecule has 0 unspecified atom stereocenters.